The van der Waals surface area contributed by atoms with Gasteiger partial charge in [-0.05, 0) is 52.7 Å². The highest BCUT2D eigenvalue weighted by Crippen LogP contribution is 2.28. The molecule has 0 amide bonds. The van der Waals surface area contributed by atoms with Crippen molar-refractivity contribution >= 4 is 15.9 Å². The van der Waals surface area contributed by atoms with Gasteiger partial charge in [-0.1, -0.05) is 6.07 Å². The molecule has 0 aliphatic heterocycles. The van der Waals surface area contributed by atoms with Gasteiger partial charge in [-0.25, -0.2) is 8.78 Å². The topological polar surface area (TPSA) is 35.2 Å². The molecule has 1 atom stereocenters. The van der Waals surface area contributed by atoms with Crippen molar-refractivity contribution in [2.75, 3.05) is 0 Å². The molecule has 0 saturated heterocycles. The summed E-state index contributed by atoms with van der Waals surface area (Å²) in [7, 11) is 0. The van der Waals surface area contributed by atoms with Crippen LogP contribution in [0.4, 0.5) is 8.78 Å². The van der Waals surface area contributed by atoms with Crippen LogP contribution in [0, 0.1) is 11.6 Å². The summed E-state index contributed by atoms with van der Waals surface area (Å²) in [4.78, 5) is 0. The lowest BCUT2D eigenvalue weighted by Crippen LogP contribution is -2.05. The first-order valence-corrected chi connectivity index (χ1v) is 6.44. The van der Waals surface area contributed by atoms with E-state index < -0.39 is 11.6 Å². The third kappa shape index (κ3) is 3.30. The lowest BCUT2D eigenvalue weighted by molar-refractivity contribution is 0.437. The fraction of sp³-hybridized carbons (Fsp3) is 0.143. The Labute approximate surface area is 118 Å². The van der Waals surface area contributed by atoms with Crippen LogP contribution >= 0.6 is 15.9 Å². The molecule has 0 unspecified atom stereocenters. The van der Waals surface area contributed by atoms with Crippen LogP contribution in [-0.4, -0.2) is 0 Å². The Balaban J connectivity index is 2.25. The van der Waals surface area contributed by atoms with Crippen molar-refractivity contribution in [1.82, 2.24) is 0 Å². The summed E-state index contributed by atoms with van der Waals surface area (Å²) in [6.45, 7) is 1.76. The number of hydrogen-bond acceptors (Lipinski definition) is 2. The van der Waals surface area contributed by atoms with Crippen molar-refractivity contribution < 1.29 is 13.5 Å². The van der Waals surface area contributed by atoms with Crippen LogP contribution in [0.25, 0.3) is 0 Å². The van der Waals surface area contributed by atoms with E-state index in [4.69, 9.17) is 10.5 Å². The van der Waals surface area contributed by atoms with Gasteiger partial charge in [-0.15, -0.1) is 0 Å². The van der Waals surface area contributed by atoms with E-state index in [-0.39, 0.29) is 17.5 Å². The zero-order valence-electron chi connectivity index (χ0n) is 10.2. The van der Waals surface area contributed by atoms with Crippen LogP contribution in [0.15, 0.2) is 40.9 Å². The van der Waals surface area contributed by atoms with Crippen LogP contribution in [-0.2, 0) is 0 Å². The standard InChI is InChI=1S/C14H12BrF2NO/c1-8(18)9-2-5-14(13(17)6-9)19-10-3-4-11(15)12(16)7-10/h2-8H,18H2,1H3/t8-/m1/s1. The maximum atomic E-state index is 13.8. The number of rotatable bonds is 3. The highest BCUT2D eigenvalue weighted by molar-refractivity contribution is 9.10. The number of ether oxygens (including phenoxy) is 1. The Kier molecular flexibility index (Phi) is 4.17. The molecular formula is C14H12BrF2NO. The molecule has 0 saturated carbocycles. The molecule has 2 aromatic rings. The number of halogens is 3. The quantitative estimate of drug-likeness (QED) is 0.898. The van der Waals surface area contributed by atoms with E-state index in [0.717, 1.165) is 0 Å². The van der Waals surface area contributed by atoms with Gasteiger partial charge in [0.25, 0.3) is 0 Å². The third-order valence-corrected chi connectivity index (χ3v) is 3.24. The van der Waals surface area contributed by atoms with Gasteiger partial charge < -0.3 is 10.5 Å². The van der Waals surface area contributed by atoms with Gasteiger partial charge in [0.2, 0.25) is 0 Å². The third-order valence-electron chi connectivity index (χ3n) is 2.60. The van der Waals surface area contributed by atoms with E-state index in [1.807, 2.05) is 0 Å². The minimum atomic E-state index is -0.530. The minimum absolute atomic E-state index is 0.0334. The van der Waals surface area contributed by atoms with Gasteiger partial charge >= 0.3 is 0 Å². The highest BCUT2D eigenvalue weighted by atomic mass is 79.9. The van der Waals surface area contributed by atoms with Crippen LogP contribution in [0.5, 0.6) is 11.5 Å². The Morgan fingerprint density at radius 3 is 2.42 bits per heavy atom. The predicted molar refractivity (Wildman–Crippen MR) is 73.2 cm³/mol. The lowest BCUT2D eigenvalue weighted by Gasteiger charge is -2.10. The fourth-order valence-corrected chi connectivity index (χ4v) is 1.80. The first kappa shape index (κ1) is 14.0. The average Bonchev–Trinajstić information content (AvgIpc) is 2.36. The molecule has 0 aromatic heterocycles. The number of nitrogens with two attached hydrogens (primary N) is 1. The van der Waals surface area contributed by atoms with Crippen molar-refractivity contribution in [2.45, 2.75) is 13.0 Å². The SMILES string of the molecule is C[C@@H](N)c1ccc(Oc2ccc(Br)c(F)c2)c(F)c1. The van der Waals surface area contributed by atoms with Crippen LogP contribution in [0.2, 0.25) is 0 Å². The molecule has 0 radical (unpaired) electrons. The van der Waals surface area contributed by atoms with Crippen LogP contribution in [0.3, 0.4) is 0 Å². The molecule has 0 spiro atoms. The summed E-state index contributed by atoms with van der Waals surface area (Å²) >= 11 is 3.04. The van der Waals surface area contributed by atoms with Gasteiger partial charge in [-0.3, -0.25) is 0 Å². The van der Waals surface area contributed by atoms with Crippen molar-refractivity contribution in [3.63, 3.8) is 0 Å². The molecule has 19 heavy (non-hydrogen) atoms. The van der Waals surface area contributed by atoms with Gasteiger partial charge in [0, 0.05) is 12.1 Å². The second kappa shape index (κ2) is 5.67. The van der Waals surface area contributed by atoms with Crippen molar-refractivity contribution in [3.05, 3.63) is 58.1 Å². The van der Waals surface area contributed by atoms with Gasteiger partial charge in [0.15, 0.2) is 11.6 Å². The number of hydrogen-bond donors (Lipinski definition) is 1. The Bertz CT molecular complexity index is 602. The first-order chi connectivity index (χ1) is 8.97. The molecule has 2 rings (SSSR count). The van der Waals surface area contributed by atoms with Crippen molar-refractivity contribution in [2.24, 2.45) is 5.73 Å². The van der Waals surface area contributed by atoms with E-state index in [2.05, 4.69) is 15.9 Å². The maximum Gasteiger partial charge on any atom is 0.166 e. The molecule has 2 N–H and O–H groups in total. The molecule has 5 heteroatoms. The molecular weight excluding hydrogens is 316 g/mol. The van der Waals surface area contributed by atoms with E-state index in [1.54, 1.807) is 19.1 Å². The van der Waals surface area contributed by atoms with Gasteiger partial charge in [0.1, 0.15) is 11.6 Å². The molecule has 0 fully saturated rings. The molecule has 0 aliphatic rings. The van der Waals surface area contributed by atoms with E-state index in [1.165, 1.54) is 24.3 Å². The minimum Gasteiger partial charge on any atom is -0.454 e. The molecule has 2 nitrogen and oxygen atoms in total. The summed E-state index contributed by atoms with van der Waals surface area (Å²) < 4.78 is 32.7. The van der Waals surface area contributed by atoms with Crippen molar-refractivity contribution in [1.29, 1.82) is 0 Å². The first-order valence-electron chi connectivity index (χ1n) is 5.65. The second-order valence-corrected chi connectivity index (χ2v) is 5.01. The Morgan fingerprint density at radius 1 is 1.11 bits per heavy atom. The lowest BCUT2D eigenvalue weighted by atomic mass is 10.1. The summed E-state index contributed by atoms with van der Waals surface area (Å²) in [5, 5.41) is 0. The highest BCUT2D eigenvalue weighted by Gasteiger charge is 2.09. The largest absolute Gasteiger partial charge is 0.454 e. The molecule has 2 aromatic carbocycles. The number of benzene rings is 2. The zero-order valence-corrected chi connectivity index (χ0v) is 11.7. The Morgan fingerprint density at radius 2 is 1.84 bits per heavy atom. The average molecular weight is 328 g/mol. The summed E-state index contributed by atoms with van der Waals surface area (Å²) in [5.41, 5.74) is 6.33. The normalized spacial score (nSPS) is 12.3. The van der Waals surface area contributed by atoms with Crippen molar-refractivity contribution in [3.8, 4) is 11.5 Å². The van der Waals surface area contributed by atoms with E-state index in [0.29, 0.717) is 10.0 Å². The van der Waals surface area contributed by atoms with E-state index >= 15 is 0 Å². The van der Waals surface area contributed by atoms with Gasteiger partial charge in [-0.2, -0.15) is 0 Å². The summed E-state index contributed by atoms with van der Waals surface area (Å²) in [5.74, 6) is -0.734. The predicted octanol–water partition coefficient (Wildman–Crippen LogP) is 4.54. The van der Waals surface area contributed by atoms with Crippen LogP contribution < -0.4 is 10.5 Å². The fourth-order valence-electron chi connectivity index (χ4n) is 1.55. The smallest absolute Gasteiger partial charge is 0.166 e. The zero-order chi connectivity index (χ0) is 14.0. The van der Waals surface area contributed by atoms with E-state index in [9.17, 15) is 8.78 Å². The summed E-state index contributed by atoms with van der Waals surface area (Å²) in [6.07, 6.45) is 0. The molecule has 0 bridgehead atoms. The maximum absolute atomic E-state index is 13.8. The second-order valence-electron chi connectivity index (χ2n) is 4.16. The molecule has 0 heterocycles. The summed E-state index contributed by atoms with van der Waals surface area (Å²) in [6, 6.07) is 8.45. The molecule has 0 aliphatic carbocycles. The van der Waals surface area contributed by atoms with Crippen LogP contribution in [0.1, 0.15) is 18.5 Å². The van der Waals surface area contributed by atoms with Gasteiger partial charge in [0.05, 0.1) is 4.47 Å². The monoisotopic (exact) mass is 327 g/mol. The molecule has 100 valence electrons. The Hall–Kier alpha value is -1.46.